The summed E-state index contributed by atoms with van der Waals surface area (Å²) < 4.78 is 25.8. The van der Waals surface area contributed by atoms with E-state index in [2.05, 4.69) is 25.0 Å². The minimum Gasteiger partial charge on any atom is -0.368 e. The molecule has 0 aliphatic heterocycles. The van der Waals surface area contributed by atoms with Crippen LogP contribution in [0.15, 0.2) is 17.7 Å². The van der Waals surface area contributed by atoms with E-state index in [4.69, 9.17) is 5.73 Å². The third-order valence-corrected chi connectivity index (χ3v) is 3.44. The fourth-order valence-electron chi connectivity index (χ4n) is 1.63. The van der Waals surface area contributed by atoms with Crippen LogP contribution in [0.2, 0.25) is 0 Å². The average molecular weight is 294 g/mol. The molecule has 0 aromatic carbocycles. The molecule has 0 fully saturated rings. The van der Waals surface area contributed by atoms with Crippen molar-refractivity contribution in [3.8, 4) is 11.5 Å². The van der Waals surface area contributed by atoms with Gasteiger partial charge < -0.3 is 10.3 Å². The van der Waals surface area contributed by atoms with Gasteiger partial charge in [-0.3, -0.25) is 0 Å². The van der Waals surface area contributed by atoms with E-state index in [1.54, 1.807) is 24.1 Å². The van der Waals surface area contributed by atoms with Crippen LogP contribution < -0.4 is 5.73 Å². The maximum Gasteiger partial charge on any atom is 0.258 e. The SMILES string of the molecule is Cn1cncc1-c1nc2nc(S(C)(=O)=O)nc(N)n2n1. The van der Waals surface area contributed by atoms with Crippen LogP contribution in [0.5, 0.6) is 0 Å². The molecule has 0 saturated carbocycles. The van der Waals surface area contributed by atoms with Gasteiger partial charge in [-0.1, -0.05) is 0 Å². The van der Waals surface area contributed by atoms with Crippen LogP contribution >= 0.6 is 0 Å². The second kappa shape index (κ2) is 3.96. The van der Waals surface area contributed by atoms with Gasteiger partial charge in [-0.05, 0) is 0 Å². The van der Waals surface area contributed by atoms with Crippen LogP contribution in [0.4, 0.5) is 5.95 Å². The Hall–Kier alpha value is -2.56. The van der Waals surface area contributed by atoms with E-state index >= 15 is 0 Å². The predicted molar refractivity (Wildman–Crippen MR) is 68.3 cm³/mol. The smallest absolute Gasteiger partial charge is 0.258 e. The zero-order chi connectivity index (χ0) is 14.5. The van der Waals surface area contributed by atoms with Crippen LogP contribution in [0.1, 0.15) is 0 Å². The van der Waals surface area contributed by atoms with Crippen molar-refractivity contribution in [3.05, 3.63) is 12.5 Å². The molecule has 0 saturated heterocycles. The lowest BCUT2D eigenvalue weighted by Crippen LogP contribution is -2.11. The molecule has 3 aromatic rings. The molecular weight excluding hydrogens is 284 g/mol. The summed E-state index contributed by atoms with van der Waals surface area (Å²) in [7, 11) is -1.79. The summed E-state index contributed by atoms with van der Waals surface area (Å²) in [6.45, 7) is 0. The molecule has 0 amide bonds. The highest BCUT2D eigenvalue weighted by Crippen LogP contribution is 2.16. The second-order valence-corrected chi connectivity index (χ2v) is 6.08. The molecule has 0 aliphatic carbocycles. The molecule has 0 bridgehead atoms. The van der Waals surface area contributed by atoms with E-state index in [9.17, 15) is 8.42 Å². The molecule has 0 atom stereocenters. The highest BCUT2D eigenvalue weighted by atomic mass is 32.2. The molecule has 11 heteroatoms. The minimum atomic E-state index is -3.57. The molecule has 10 nitrogen and oxygen atoms in total. The van der Waals surface area contributed by atoms with Crippen molar-refractivity contribution in [2.45, 2.75) is 5.16 Å². The van der Waals surface area contributed by atoms with Crippen LogP contribution in [-0.2, 0) is 16.9 Å². The number of hydrogen-bond donors (Lipinski definition) is 1. The van der Waals surface area contributed by atoms with Gasteiger partial charge in [-0.25, -0.2) is 13.4 Å². The van der Waals surface area contributed by atoms with E-state index < -0.39 is 9.84 Å². The van der Waals surface area contributed by atoms with Gasteiger partial charge in [0, 0.05) is 13.3 Å². The van der Waals surface area contributed by atoms with Crippen LogP contribution in [0.25, 0.3) is 17.3 Å². The lowest BCUT2D eigenvalue weighted by atomic mass is 10.4. The number of aryl methyl sites for hydroxylation is 1. The summed E-state index contributed by atoms with van der Waals surface area (Å²) in [5, 5.41) is 3.76. The number of sulfone groups is 1. The highest BCUT2D eigenvalue weighted by molar-refractivity contribution is 7.90. The molecule has 0 aliphatic rings. The number of rotatable bonds is 2. The van der Waals surface area contributed by atoms with Crippen molar-refractivity contribution in [3.63, 3.8) is 0 Å². The Bertz CT molecular complexity index is 909. The minimum absolute atomic E-state index is 0.0640. The highest BCUT2D eigenvalue weighted by Gasteiger charge is 2.18. The largest absolute Gasteiger partial charge is 0.368 e. The Labute approximate surface area is 113 Å². The number of fused-ring (bicyclic) bond motifs is 1. The van der Waals surface area contributed by atoms with Crippen LogP contribution in [-0.4, -0.2) is 48.8 Å². The van der Waals surface area contributed by atoms with Gasteiger partial charge >= 0.3 is 0 Å². The zero-order valence-electron chi connectivity index (χ0n) is 10.6. The summed E-state index contributed by atoms with van der Waals surface area (Å²) in [6.07, 6.45) is 4.17. The number of hydrogen-bond acceptors (Lipinski definition) is 8. The molecule has 3 rings (SSSR count). The van der Waals surface area contributed by atoms with E-state index in [-0.39, 0.29) is 16.9 Å². The third kappa shape index (κ3) is 1.87. The first kappa shape index (κ1) is 12.5. The molecule has 3 aromatic heterocycles. The molecule has 0 spiro atoms. The van der Waals surface area contributed by atoms with E-state index in [0.29, 0.717) is 11.5 Å². The van der Waals surface area contributed by atoms with Crippen molar-refractivity contribution < 1.29 is 8.42 Å². The topological polar surface area (TPSA) is 134 Å². The average Bonchev–Trinajstić information content (AvgIpc) is 2.93. The molecule has 104 valence electrons. The Morgan fingerprint density at radius 3 is 2.60 bits per heavy atom. The van der Waals surface area contributed by atoms with Gasteiger partial charge in [0.2, 0.25) is 21.6 Å². The maximum atomic E-state index is 11.5. The second-order valence-electron chi connectivity index (χ2n) is 4.17. The standard InChI is InChI=1S/C9H10N8O2S/c1-16-4-11-3-5(16)6-12-8-14-9(20(2,18)19)13-7(10)17(8)15-6/h3-4H,1-2H3,(H2,10,12,13,14,15). The molecule has 2 N–H and O–H groups in total. The number of aromatic nitrogens is 7. The van der Waals surface area contributed by atoms with Crippen LogP contribution in [0, 0.1) is 0 Å². The van der Waals surface area contributed by atoms with Crippen molar-refractivity contribution in [1.82, 2.24) is 34.1 Å². The van der Waals surface area contributed by atoms with Gasteiger partial charge in [0.05, 0.1) is 12.5 Å². The zero-order valence-corrected chi connectivity index (χ0v) is 11.4. The van der Waals surface area contributed by atoms with E-state index in [0.717, 1.165) is 6.26 Å². The van der Waals surface area contributed by atoms with Crippen molar-refractivity contribution >= 4 is 21.6 Å². The first-order chi connectivity index (χ1) is 9.36. The fourth-order valence-corrected chi connectivity index (χ4v) is 2.14. The molecular formula is C9H10N8O2S. The van der Waals surface area contributed by atoms with Gasteiger partial charge in [0.25, 0.3) is 10.9 Å². The summed E-state index contributed by atoms with van der Waals surface area (Å²) in [4.78, 5) is 15.7. The van der Waals surface area contributed by atoms with Gasteiger partial charge in [0.1, 0.15) is 5.69 Å². The molecule has 20 heavy (non-hydrogen) atoms. The summed E-state index contributed by atoms with van der Waals surface area (Å²) in [5.41, 5.74) is 6.33. The third-order valence-electron chi connectivity index (χ3n) is 2.59. The predicted octanol–water partition coefficient (Wildman–Crippen LogP) is -1.09. The Kier molecular flexibility index (Phi) is 2.47. The van der Waals surface area contributed by atoms with Gasteiger partial charge in [-0.2, -0.15) is 19.5 Å². The number of nitrogens with two attached hydrogens (primary N) is 1. The summed E-state index contributed by atoms with van der Waals surface area (Å²) in [5.74, 6) is 0.294. The van der Waals surface area contributed by atoms with Crippen molar-refractivity contribution in [2.75, 3.05) is 12.0 Å². The number of anilines is 1. The van der Waals surface area contributed by atoms with E-state index in [1.165, 1.54) is 4.52 Å². The summed E-state index contributed by atoms with van der Waals surface area (Å²) >= 11 is 0. The number of imidazole rings is 1. The Morgan fingerprint density at radius 1 is 1.25 bits per heavy atom. The Balaban J connectivity index is 2.27. The number of nitrogen functional groups attached to an aromatic ring is 1. The lowest BCUT2D eigenvalue weighted by molar-refractivity contribution is 0.592. The van der Waals surface area contributed by atoms with Crippen molar-refractivity contribution in [1.29, 1.82) is 0 Å². The summed E-state index contributed by atoms with van der Waals surface area (Å²) in [6, 6.07) is 0. The van der Waals surface area contributed by atoms with E-state index in [1.807, 2.05) is 0 Å². The molecule has 0 unspecified atom stereocenters. The first-order valence-corrected chi connectivity index (χ1v) is 7.32. The van der Waals surface area contributed by atoms with Crippen LogP contribution in [0.3, 0.4) is 0 Å². The van der Waals surface area contributed by atoms with Gasteiger partial charge in [-0.15, -0.1) is 5.10 Å². The normalized spacial score (nSPS) is 12.1. The molecule has 3 heterocycles. The number of nitrogens with zero attached hydrogens (tertiary/aromatic N) is 7. The van der Waals surface area contributed by atoms with Gasteiger partial charge in [0.15, 0.2) is 0 Å². The fraction of sp³-hybridized carbons (Fsp3) is 0.222. The lowest BCUT2D eigenvalue weighted by Gasteiger charge is -1.99. The Morgan fingerprint density at radius 2 is 2.00 bits per heavy atom. The monoisotopic (exact) mass is 294 g/mol. The quantitative estimate of drug-likeness (QED) is 0.629. The maximum absolute atomic E-state index is 11.5. The van der Waals surface area contributed by atoms with Crippen molar-refractivity contribution in [2.24, 2.45) is 7.05 Å². The first-order valence-electron chi connectivity index (χ1n) is 5.43. The molecule has 0 radical (unpaired) electrons.